The number of ketones is 1. The Labute approximate surface area is 132 Å². The maximum Gasteiger partial charge on any atom is 0.159 e. The summed E-state index contributed by atoms with van der Waals surface area (Å²) in [5.74, 6) is 0.0436. The van der Waals surface area contributed by atoms with E-state index >= 15 is 0 Å². The number of carbonyl (C=O) groups excluding carboxylic acids is 1. The first-order valence-electron chi connectivity index (χ1n) is 7.31. The van der Waals surface area contributed by atoms with Crippen LogP contribution in [0.5, 0.6) is 0 Å². The Morgan fingerprint density at radius 2 is 1.91 bits per heavy atom. The average Bonchev–Trinajstić information content (AvgIpc) is 3.24. The Morgan fingerprint density at radius 3 is 2.70 bits per heavy atom. The van der Waals surface area contributed by atoms with Gasteiger partial charge < -0.3 is 0 Å². The molecule has 0 aliphatic rings. The number of rotatable bonds is 3. The van der Waals surface area contributed by atoms with Gasteiger partial charge in [-0.3, -0.25) is 9.36 Å². The van der Waals surface area contributed by atoms with Crippen LogP contribution in [0.4, 0.5) is 0 Å². The fourth-order valence-electron chi connectivity index (χ4n) is 2.64. The lowest BCUT2D eigenvalue weighted by Gasteiger charge is -2.07. The maximum absolute atomic E-state index is 11.5. The van der Waals surface area contributed by atoms with E-state index in [1.807, 2.05) is 64.0 Å². The molecular weight excluding hydrogens is 288 g/mol. The van der Waals surface area contributed by atoms with E-state index in [0.717, 1.165) is 22.4 Å². The van der Waals surface area contributed by atoms with Crippen LogP contribution in [-0.2, 0) is 0 Å². The summed E-state index contributed by atoms with van der Waals surface area (Å²) in [6, 6.07) is 15.5. The first kappa shape index (κ1) is 13.5. The van der Waals surface area contributed by atoms with Crippen molar-refractivity contribution in [1.29, 1.82) is 0 Å². The van der Waals surface area contributed by atoms with Crippen molar-refractivity contribution < 1.29 is 4.79 Å². The molecule has 0 bridgehead atoms. The van der Waals surface area contributed by atoms with Crippen LogP contribution in [0.2, 0.25) is 0 Å². The monoisotopic (exact) mass is 302 g/mol. The lowest BCUT2D eigenvalue weighted by molar-refractivity contribution is 0.101. The predicted molar refractivity (Wildman–Crippen MR) is 88.2 cm³/mol. The van der Waals surface area contributed by atoms with E-state index in [1.54, 1.807) is 19.4 Å². The average molecular weight is 302 g/mol. The first-order valence-corrected chi connectivity index (χ1v) is 7.31. The summed E-state index contributed by atoms with van der Waals surface area (Å²) in [7, 11) is 0. The number of benzene rings is 2. The summed E-state index contributed by atoms with van der Waals surface area (Å²) < 4.78 is 3.82. The van der Waals surface area contributed by atoms with Gasteiger partial charge in [-0.15, -0.1) is 0 Å². The van der Waals surface area contributed by atoms with Gasteiger partial charge in [0.2, 0.25) is 0 Å². The van der Waals surface area contributed by atoms with Crippen molar-refractivity contribution in [2.75, 3.05) is 0 Å². The van der Waals surface area contributed by atoms with Crippen molar-refractivity contribution >= 4 is 16.8 Å². The van der Waals surface area contributed by atoms with Crippen LogP contribution in [-0.4, -0.2) is 25.1 Å². The summed E-state index contributed by atoms with van der Waals surface area (Å²) in [6.45, 7) is 1.56. The van der Waals surface area contributed by atoms with Gasteiger partial charge in [-0.05, 0) is 49.4 Å². The standard InChI is InChI=1S/C18H14N4O/c1-13(23)14-6-7-18-17(10-14)19-12-21(18)15-4-2-5-16(11-15)22-9-3-8-20-22/h2-12H,1H3. The third-order valence-corrected chi connectivity index (χ3v) is 3.83. The second kappa shape index (κ2) is 5.21. The number of hydrogen-bond acceptors (Lipinski definition) is 3. The van der Waals surface area contributed by atoms with E-state index in [9.17, 15) is 4.79 Å². The first-order chi connectivity index (χ1) is 11.2. The van der Waals surface area contributed by atoms with E-state index in [2.05, 4.69) is 10.1 Å². The minimum Gasteiger partial charge on any atom is -0.299 e. The molecule has 4 aromatic rings. The Morgan fingerprint density at radius 1 is 1.04 bits per heavy atom. The number of aromatic nitrogens is 4. The van der Waals surface area contributed by atoms with Crippen LogP contribution in [0.1, 0.15) is 17.3 Å². The van der Waals surface area contributed by atoms with Crippen molar-refractivity contribution in [1.82, 2.24) is 19.3 Å². The van der Waals surface area contributed by atoms with Gasteiger partial charge in [-0.1, -0.05) is 6.07 Å². The second-order valence-electron chi connectivity index (χ2n) is 5.34. The number of Topliss-reactive ketones (excluding diaryl/α,β-unsaturated/α-hetero) is 1. The maximum atomic E-state index is 11.5. The SMILES string of the molecule is CC(=O)c1ccc2c(c1)ncn2-c1cccc(-n2cccn2)c1. The molecule has 112 valence electrons. The predicted octanol–water partition coefficient (Wildman–Crippen LogP) is 3.41. The van der Waals surface area contributed by atoms with Gasteiger partial charge in [-0.2, -0.15) is 5.10 Å². The van der Waals surface area contributed by atoms with Gasteiger partial charge in [-0.25, -0.2) is 9.67 Å². The topological polar surface area (TPSA) is 52.7 Å². The molecule has 0 spiro atoms. The highest BCUT2D eigenvalue weighted by molar-refractivity contribution is 5.97. The van der Waals surface area contributed by atoms with Gasteiger partial charge in [0, 0.05) is 23.6 Å². The van der Waals surface area contributed by atoms with E-state index in [1.165, 1.54) is 0 Å². The van der Waals surface area contributed by atoms with Gasteiger partial charge in [0.25, 0.3) is 0 Å². The molecule has 5 heteroatoms. The molecule has 2 aromatic carbocycles. The zero-order valence-corrected chi connectivity index (χ0v) is 12.5. The smallest absolute Gasteiger partial charge is 0.159 e. The molecule has 0 saturated carbocycles. The van der Waals surface area contributed by atoms with Crippen molar-refractivity contribution in [2.45, 2.75) is 6.92 Å². The zero-order chi connectivity index (χ0) is 15.8. The number of imidazole rings is 1. The molecule has 2 aromatic heterocycles. The molecule has 0 unspecified atom stereocenters. The summed E-state index contributed by atoms with van der Waals surface area (Å²) in [4.78, 5) is 15.9. The van der Waals surface area contributed by atoms with Gasteiger partial charge in [0.05, 0.1) is 16.7 Å². The molecule has 0 fully saturated rings. The van der Waals surface area contributed by atoms with Gasteiger partial charge in [0.15, 0.2) is 5.78 Å². The number of nitrogens with zero attached hydrogens (tertiary/aromatic N) is 4. The highest BCUT2D eigenvalue weighted by Gasteiger charge is 2.08. The highest BCUT2D eigenvalue weighted by atomic mass is 16.1. The lowest BCUT2D eigenvalue weighted by Crippen LogP contribution is -1.98. The minimum absolute atomic E-state index is 0.0436. The zero-order valence-electron chi connectivity index (χ0n) is 12.5. The summed E-state index contributed by atoms with van der Waals surface area (Å²) in [6.07, 6.45) is 5.43. The summed E-state index contributed by atoms with van der Waals surface area (Å²) >= 11 is 0. The fourth-order valence-corrected chi connectivity index (χ4v) is 2.64. The molecule has 0 saturated heterocycles. The van der Waals surface area contributed by atoms with Crippen LogP contribution in [0, 0.1) is 0 Å². The molecule has 0 amide bonds. The molecule has 0 aliphatic heterocycles. The van der Waals surface area contributed by atoms with E-state index in [-0.39, 0.29) is 5.78 Å². The molecule has 4 rings (SSSR count). The van der Waals surface area contributed by atoms with Crippen LogP contribution in [0.3, 0.4) is 0 Å². The molecule has 0 aliphatic carbocycles. The number of fused-ring (bicyclic) bond motifs is 1. The normalized spacial score (nSPS) is 11.0. The molecule has 23 heavy (non-hydrogen) atoms. The van der Waals surface area contributed by atoms with Gasteiger partial charge >= 0.3 is 0 Å². The Hall–Kier alpha value is -3.21. The fraction of sp³-hybridized carbons (Fsp3) is 0.0556. The third-order valence-electron chi connectivity index (χ3n) is 3.83. The summed E-state index contributed by atoms with van der Waals surface area (Å²) in [5, 5.41) is 4.26. The Bertz CT molecular complexity index is 999. The molecule has 2 heterocycles. The quantitative estimate of drug-likeness (QED) is 0.545. The number of carbonyl (C=O) groups is 1. The van der Waals surface area contributed by atoms with Crippen LogP contribution in [0.25, 0.3) is 22.4 Å². The van der Waals surface area contributed by atoms with Crippen LogP contribution in [0.15, 0.2) is 67.3 Å². The Balaban J connectivity index is 1.83. The number of hydrogen-bond donors (Lipinski definition) is 0. The third kappa shape index (κ3) is 2.32. The lowest BCUT2D eigenvalue weighted by atomic mass is 10.1. The highest BCUT2D eigenvalue weighted by Crippen LogP contribution is 2.21. The molecular formula is C18H14N4O. The van der Waals surface area contributed by atoms with Crippen LogP contribution < -0.4 is 0 Å². The molecule has 0 atom stereocenters. The van der Waals surface area contributed by atoms with Crippen molar-refractivity contribution in [3.63, 3.8) is 0 Å². The van der Waals surface area contributed by atoms with Crippen molar-refractivity contribution in [3.05, 3.63) is 72.8 Å². The minimum atomic E-state index is 0.0436. The molecule has 5 nitrogen and oxygen atoms in total. The molecule has 0 radical (unpaired) electrons. The second-order valence-corrected chi connectivity index (χ2v) is 5.34. The molecule has 0 N–H and O–H groups in total. The van der Waals surface area contributed by atoms with Gasteiger partial charge in [0.1, 0.15) is 6.33 Å². The van der Waals surface area contributed by atoms with E-state index < -0.39 is 0 Å². The van der Waals surface area contributed by atoms with Crippen molar-refractivity contribution in [3.8, 4) is 11.4 Å². The Kier molecular flexibility index (Phi) is 3.05. The largest absolute Gasteiger partial charge is 0.299 e. The summed E-state index contributed by atoms with van der Waals surface area (Å²) in [5.41, 5.74) is 4.42. The van der Waals surface area contributed by atoms with E-state index in [0.29, 0.717) is 5.56 Å². The van der Waals surface area contributed by atoms with E-state index in [4.69, 9.17) is 0 Å². The van der Waals surface area contributed by atoms with Crippen LogP contribution >= 0.6 is 0 Å². The van der Waals surface area contributed by atoms with Crippen molar-refractivity contribution in [2.24, 2.45) is 0 Å².